The minimum Gasteiger partial charge on any atom is -0.370 e. The number of aliphatic imine (C=N–C) groups is 1. The number of nitrogens with one attached hydrogen (secondary N) is 1. The molecule has 0 spiro atoms. The van der Waals surface area contributed by atoms with Crippen LogP contribution < -0.4 is 11.1 Å². The van der Waals surface area contributed by atoms with E-state index in [4.69, 9.17) is 5.73 Å². The number of rotatable bonds is 5. The molecule has 6 heteroatoms. The van der Waals surface area contributed by atoms with Crippen LogP contribution in [-0.2, 0) is 13.1 Å². The molecule has 114 valence electrons. The number of nitrogens with two attached hydrogens (primary N) is 1. The van der Waals surface area contributed by atoms with Crippen molar-refractivity contribution in [1.29, 1.82) is 0 Å². The van der Waals surface area contributed by atoms with Crippen LogP contribution in [0.2, 0.25) is 0 Å². The van der Waals surface area contributed by atoms with Crippen LogP contribution >= 0.6 is 24.0 Å². The average Bonchev–Trinajstić information content (AvgIpc) is 2.84. The van der Waals surface area contributed by atoms with Crippen LogP contribution in [0.15, 0.2) is 47.7 Å². The molecule has 0 aliphatic rings. The van der Waals surface area contributed by atoms with E-state index in [1.807, 2.05) is 49.1 Å². The van der Waals surface area contributed by atoms with Gasteiger partial charge in [0.1, 0.15) is 0 Å². The van der Waals surface area contributed by atoms with Crippen molar-refractivity contribution in [3.8, 4) is 0 Å². The quantitative estimate of drug-likeness (QED) is 0.461. The molecule has 0 aliphatic carbocycles. The molecule has 0 atom stereocenters. The summed E-state index contributed by atoms with van der Waals surface area (Å²) in [5.74, 6) is 0.468. The number of hydrogen-bond donors (Lipinski definition) is 2. The lowest BCUT2D eigenvalue weighted by Crippen LogP contribution is -2.36. The summed E-state index contributed by atoms with van der Waals surface area (Å²) in [6.07, 6.45) is 3.83. The van der Waals surface area contributed by atoms with E-state index in [9.17, 15) is 0 Å². The Morgan fingerprint density at radius 1 is 1.29 bits per heavy atom. The Balaban J connectivity index is 0.00000220. The molecular formula is C15H22IN5. The van der Waals surface area contributed by atoms with Gasteiger partial charge in [0.15, 0.2) is 5.96 Å². The standard InChI is InChI=1S/C15H21N5.HI/c1-12(2)19-15(16)17-8-14-9-18-20(11-14)10-13-6-4-3-5-7-13;/h3-7,9,11-12H,8,10H2,1-2H3,(H3,16,17,19);1H. The zero-order chi connectivity index (χ0) is 14.4. The van der Waals surface area contributed by atoms with Crippen LogP contribution in [0.5, 0.6) is 0 Å². The minimum absolute atomic E-state index is 0. The van der Waals surface area contributed by atoms with Gasteiger partial charge in [-0.25, -0.2) is 4.99 Å². The first-order chi connectivity index (χ1) is 9.63. The Kier molecular flexibility index (Phi) is 7.21. The zero-order valence-electron chi connectivity index (χ0n) is 12.4. The van der Waals surface area contributed by atoms with E-state index in [0.717, 1.165) is 12.1 Å². The second kappa shape index (κ2) is 8.66. The fourth-order valence-corrected chi connectivity index (χ4v) is 1.86. The molecule has 3 N–H and O–H groups in total. The molecule has 1 aromatic heterocycles. The predicted octanol–water partition coefficient (Wildman–Crippen LogP) is 2.36. The van der Waals surface area contributed by atoms with Crippen LogP contribution in [0.4, 0.5) is 0 Å². The third kappa shape index (κ3) is 6.16. The Bertz CT molecular complexity index is 562. The molecule has 21 heavy (non-hydrogen) atoms. The van der Waals surface area contributed by atoms with Gasteiger partial charge in [-0.15, -0.1) is 24.0 Å². The third-order valence-electron chi connectivity index (χ3n) is 2.74. The van der Waals surface area contributed by atoms with Crippen LogP contribution in [0.1, 0.15) is 25.0 Å². The number of nitrogens with zero attached hydrogens (tertiary/aromatic N) is 3. The first-order valence-corrected chi connectivity index (χ1v) is 6.75. The van der Waals surface area contributed by atoms with Gasteiger partial charge in [0, 0.05) is 17.8 Å². The molecule has 1 aromatic carbocycles. The average molecular weight is 399 g/mol. The molecule has 0 bridgehead atoms. The zero-order valence-corrected chi connectivity index (χ0v) is 14.7. The van der Waals surface area contributed by atoms with Crippen molar-refractivity contribution in [1.82, 2.24) is 15.1 Å². The van der Waals surface area contributed by atoms with Gasteiger partial charge in [-0.1, -0.05) is 30.3 Å². The maximum Gasteiger partial charge on any atom is 0.189 e. The van der Waals surface area contributed by atoms with Crippen molar-refractivity contribution in [2.45, 2.75) is 33.0 Å². The van der Waals surface area contributed by atoms with Gasteiger partial charge in [0.05, 0.1) is 19.3 Å². The van der Waals surface area contributed by atoms with Crippen molar-refractivity contribution in [2.24, 2.45) is 10.7 Å². The van der Waals surface area contributed by atoms with Crippen LogP contribution in [-0.4, -0.2) is 21.8 Å². The summed E-state index contributed by atoms with van der Waals surface area (Å²) >= 11 is 0. The summed E-state index contributed by atoms with van der Waals surface area (Å²) in [6, 6.07) is 10.5. The van der Waals surface area contributed by atoms with Gasteiger partial charge in [-0.05, 0) is 19.4 Å². The molecule has 5 nitrogen and oxygen atoms in total. The molecular weight excluding hydrogens is 377 g/mol. The SMILES string of the molecule is CC(C)NC(N)=NCc1cnn(Cc2ccccc2)c1.I. The summed E-state index contributed by atoms with van der Waals surface area (Å²) in [7, 11) is 0. The fourth-order valence-electron chi connectivity index (χ4n) is 1.86. The van der Waals surface area contributed by atoms with Crippen molar-refractivity contribution < 1.29 is 0 Å². The van der Waals surface area contributed by atoms with Gasteiger partial charge < -0.3 is 11.1 Å². The summed E-state index contributed by atoms with van der Waals surface area (Å²) in [6.45, 7) is 5.37. The smallest absolute Gasteiger partial charge is 0.189 e. The van der Waals surface area contributed by atoms with E-state index in [0.29, 0.717) is 18.5 Å². The van der Waals surface area contributed by atoms with Gasteiger partial charge in [0.2, 0.25) is 0 Å². The van der Waals surface area contributed by atoms with Gasteiger partial charge in [-0.2, -0.15) is 5.10 Å². The number of halogens is 1. The number of guanidine groups is 1. The second-order valence-electron chi connectivity index (χ2n) is 5.03. The van der Waals surface area contributed by atoms with E-state index in [1.54, 1.807) is 0 Å². The Morgan fingerprint density at radius 2 is 2.00 bits per heavy atom. The lowest BCUT2D eigenvalue weighted by atomic mass is 10.2. The normalized spacial score (nSPS) is 11.3. The first-order valence-electron chi connectivity index (χ1n) is 6.75. The van der Waals surface area contributed by atoms with Gasteiger partial charge >= 0.3 is 0 Å². The van der Waals surface area contributed by atoms with Crippen LogP contribution in [0.3, 0.4) is 0 Å². The summed E-state index contributed by atoms with van der Waals surface area (Å²) < 4.78 is 1.91. The molecule has 0 fully saturated rings. The molecule has 0 aliphatic heterocycles. The fraction of sp³-hybridized carbons (Fsp3) is 0.333. The number of aromatic nitrogens is 2. The summed E-state index contributed by atoms with van der Waals surface area (Å²) in [5, 5.41) is 7.40. The highest BCUT2D eigenvalue weighted by atomic mass is 127. The highest BCUT2D eigenvalue weighted by Gasteiger charge is 2.00. The topological polar surface area (TPSA) is 68.2 Å². The van der Waals surface area contributed by atoms with E-state index in [1.165, 1.54) is 5.56 Å². The van der Waals surface area contributed by atoms with Crippen LogP contribution in [0.25, 0.3) is 0 Å². The van der Waals surface area contributed by atoms with E-state index < -0.39 is 0 Å². The highest BCUT2D eigenvalue weighted by molar-refractivity contribution is 14.0. The van der Waals surface area contributed by atoms with Gasteiger partial charge in [0.25, 0.3) is 0 Å². The van der Waals surface area contributed by atoms with Crippen molar-refractivity contribution in [3.05, 3.63) is 53.9 Å². The minimum atomic E-state index is 0. The molecule has 0 saturated heterocycles. The van der Waals surface area contributed by atoms with E-state index >= 15 is 0 Å². The van der Waals surface area contributed by atoms with Crippen LogP contribution in [0, 0.1) is 0 Å². The third-order valence-corrected chi connectivity index (χ3v) is 2.74. The molecule has 0 amide bonds. The van der Waals surface area contributed by atoms with Crippen molar-refractivity contribution in [2.75, 3.05) is 0 Å². The molecule has 2 aromatic rings. The lowest BCUT2D eigenvalue weighted by molar-refractivity contribution is 0.686. The number of benzene rings is 1. The summed E-state index contributed by atoms with van der Waals surface area (Å²) in [4.78, 5) is 4.28. The van der Waals surface area contributed by atoms with Crippen molar-refractivity contribution in [3.63, 3.8) is 0 Å². The maximum atomic E-state index is 5.76. The van der Waals surface area contributed by atoms with Crippen molar-refractivity contribution >= 4 is 29.9 Å². The predicted molar refractivity (Wildman–Crippen MR) is 96.8 cm³/mol. The number of hydrogen-bond acceptors (Lipinski definition) is 2. The first kappa shape index (κ1) is 17.5. The molecule has 1 heterocycles. The highest BCUT2D eigenvalue weighted by Crippen LogP contribution is 2.04. The second-order valence-corrected chi connectivity index (χ2v) is 5.03. The molecule has 0 saturated carbocycles. The van der Waals surface area contributed by atoms with Gasteiger partial charge in [-0.3, -0.25) is 4.68 Å². The Labute approximate surface area is 142 Å². The maximum absolute atomic E-state index is 5.76. The monoisotopic (exact) mass is 399 g/mol. The largest absolute Gasteiger partial charge is 0.370 e. The Morgan fingerprint density at radius 3 is 2.67 bits per heavy atom. The molecule has 0 radical (unpaired) electrons. The molecule has 0 unspecified atom stereocenters. The molecule has 2 rings (SSSR count). The Hall–Kier alpha value is -1.57. The van der Waals surface area contributed by atoms with E-state index in [2.05, 4.69) is 27.5 Å². The lowest BCUT2D eigenvalue weighted by Gasteiger charge is -2.07. The van der Waals surface area contributed by atoms with E-state index in [-0.39, 0.29) is 24.0 Å². The summed E-state index contributed by atoms with van der Waals surface area (Å²) in [5.41, 5.74) is 8.04.